The van der Waals surface area contributed by atoms with E-state index in [1.807, 2.05) is 26.0 Å². The second-order valence-electron chi connectivity index (χ2n) is 4.28. The SMILES string of the molecule is C\C=C(NN)/C(C)=C(\C=C\Cl)N1CCN(C=O)CC1. The Balaban J connectivity index is 2.95. The molecule has 6 heteroatoms. The molecule has 0 spiro atoms. The lowest BCUT2D eigenvalue weighted by Crippen LogP contribution is -2.45. The fourth-order valence-electron chi connectivity index (χ4n) is 2.14. The van der Waals surface area contributed by atoms with Gasteiger partial charge in [-0.15, -0.1) is 0 Å². The van der Waals surface area contributed by atoms with Crippen molar-refractivity contribution in [1.29, 1.82) is 0 Å². The Hall–Kier alpha value is -1.46. The van der Waals surface area contributed by atoms with Crippen molar-refractivity contribution in [3.05, 3.63) is 34.7 Å². The third kappa shape index (κ3) is 4.01. The first-order valence-corrected chi connectivity index (χ1v) is 6.66. The van der Waals surface area contributed by atoms with Crippen molar-refractivity contribution in [2.45, 2.75) is 13.8 Å². The van der Waals surface area contributed by atoms with E-state index in [0.29, 0.717) is 0 Å². The fourth-order valence-corrected chi connectivity index (χ4v) is 2.26. The Morgan fingerprint density at radius 3 is 2.37 bits per heavy atom. The standard InChI is InChI=1S/C13H21ClN4O/c1-3-12(16-15)11(2)13(4-5-14)18-8-6-17(10-19)7-9-18/h3-5,10,16H,6-9,15H2,1-2H3/b5-4+,12-3+,13-11+. The number of carbonyl (C=O) groups is 1. The van der Waals surface area contributed by atoms with Gasteiger partial charge in [0.15, 0.2) is 0 Å². The van der Waals surface area contributed by atoms with Gasteiger partial charge < -0.3 is 15.2 Å². The molecule has 1 rings (SSSR count). The van der Waals surface area contributed by atoms with Gasteiger partial charge in [0.2, 0.25) is 6.41 Å². The number of rotatable bonds is 5. The van der Waals surface area contributed by atoms with Crippen LogP contribution in [0.5, 0.6) is 0 Å². The fraction of sp³-hybridized carbons (Fsp3) is 0.462. The number of nitrogens with two attached hydrogens (primary N) is 1. The Morgan fingerprint density at radius 2 is 1.95 bits per heavy atom. The molecule has 0 radical (unpaired) electrons. The van der Waals surface area contributed by atoms with E-state index in [4.69, 9.17) is 17.4 Å². The van der Waals surface area contributed by atoms with Crippen LogP contribution in [-0.2, 0) is 4.79 Å². The van der Waals surface area contributed by atoms with Crippen molar-refractivity contribution in [3.63, 3.8) is 0 Å². The molecular formula is C13H21ClN4O. The maximum atomic E-state index is 10.7. The van der Waals surface area contributed by atoms with Gasteiger partial charge in [-0.05, 0) is 25.5 Å². The molecular weight excluding hydrogens is 264 g/mol. The van der Waals surface area contributed by atoms with Crippen molar-refractivity contribution in [1.82, 2.24) is 15.2 Å². The minimum atomic E-state index is 0.720. The van der Waals surface area contributed by atoms with E-state index in [2.05, 4.69) is 10.3 Å². The summed E-state index contributed by atoms with van der Waals surface area (Å²) in [7, 11) is 0. The van der Waals surface area contributed by atoms with Crippen molar-refractivity contribution in [2.75, 3.05) is 26.2 Å². The Kier molecular flexibility index (Phi) is 6.45. The highest BCUT2D eigenvalue weighted by Gasteiger charge is 2.18. The predicted molar refractivity (Wildman–Crippen MR) is 78.0 cm³/mol. The van der Waals surface area contributed by atoms with E-state index in [-0.39, 0.29) is 0 Å². The molecule has 0 saturated carbocycles. The van der Waals surface area contributed by atoms with E-state index in [0.717, 1.165) is 49.6 Å². The summed E-state index contributed by atoms with van der Waals surface area (Å²) < 4.78 is 0. The monoisotopic (exact) mass is 284 g/mol. The molecule has 0 aromatic rings. The summed E-state index contributed by atoms with van der Waals surface area (Å²) in [6.07, 6.45) is 4.66. The van der Waals surface area contributed by atoms with E-state index < -0.39 is 0 Å². The number of hydrazine groups is 1. The number of carbonyl (C=O) groups excluding carboxylic acids is 1. The molecule has 3 N–H and O–H groups in total. The Labute approximate surface area is 119 Å². The molecule has 1 aliphatic heterocycles. The van der Waals surface area contributed by atoms with Gasteiger partial charge in [0.05, 0.1) is 0 Å². The van der Waals surface area contributed by atoms with Gasteiger partial charge in [-0.2, -0.15) is 0 Å². The Bertz CT molecular complexity index is 395. The predicted octanol–water partition coefficient (Wildman–Crippen LogP) is 1.15. The van der Waals surface area contributed by atoms with Crippen molar-refractivity contribution >= 4 is 18.0 Å². The molecule has 0 unspecified atom stereocenters. The highest BCUT2D eigenvalue weighted by atomic mass is 35.5. The summed E-state index contributed by atoms with van der Waals surface area (Å²) in [5.74, 6) is 5.51. The average molecular weight is 285 g/mol. The summed E-state index contributed by atoms with van der Waals surface area (Å²) in [6, 6.07) is 0. The van der Waals surface area contributed by atoms with Gasteiger partial charge in [-0.1, -0.05) is 17.7 Å². The maximum absolute atomic E-state index is 10.7. The molecule has 19 heavy (non-hydrogen) atoms. The zero-order valence-electron chi connectivity index (χ0n) is 11.4. The van der Waals surface area contributed by atoms with Crippen LogP contribution in [0.25, 0.3) is 0 Å². The van der Waals surface area contributed by atoms with E-state index in [1.165, 1.54) is 5.54 Å². The molecule has 0 atom stereocenters. The maximum Gasteiger partial charge on any atom is 0.209 e. The molecule has 0 aromatic heterocycles. The van der Waals surface area contributed by atoms with Crippen LogP contribution < -0.4 is 11.3 Å². The largest absolute Gasteiger partial charge is 0.368 e. The third-order valence-corrected chi connectivity index (χ3v) is 3.38. The minimum absolute atomic E-state index is 0.720. The zero-order valence-corrected chi connectivity index (χ0v) is 12.2. The number of allylic oxidation sites excluding steroid dienone is 3. The second kappa shape index (κ2) is 7.86. The lowest BCUT2D eigenvalue weighted by Gasteiger charge is -2.35. The normalized spacial score (nSPS) is 18.6. The highest BCUT2D eigenvalue weighted by Crippen LogP contribution is 2.19. The number of piperazine rings is 1. The van der Waals surface area contributed by atoms with Gasteiger partial charge in [-0.3, -0.25) is 10.6 Å². The van der Waals surface area contributed by atoms with Crippen LogP contribution in [0, 0.1) is 0 Å². The van der Waals surface area contributed by atoms with E-state index in [9.17, 15) is 4.79 Å². The van der Waals surface area contributed by atoms with Crippen molar-refractivity contribution in [3.8, 4) is 0 Å². The molecule has 0 aromatic carbocycles. The van der Waals surface area contributed by atoms with Crippen LogP contribution in [0.2, 0.25) is 0 Å². The second-order valence-corrected chi connectivity index (χ2v) is 4.53. The first-order valence-electron chi connectivity index (χ1n) is 6.23. The molecule has 1 aliphatic rings. The van der Waals surface area contributed by atoms with Crippen LogP contribution in [0.1, 0.15) is 13.8 Å². The summed E-state index contributed by atoms with van der Waals surface area (Å²) >= 11 is 5.73. The quantitative estimate of drug-likeness (QED) is 0.344. The molecule has 1 heterocycles. The summed E-state index contributed by atoms with van der Waals surface area (Å²) in [5, 5.41) is 0. The van der Waals surface area contributed by atoms with E-state index >= 15 is 0 Å². The lowest BCUT2D eigenvalue weighted by molar-refractivity contribution is -0.119. The van der Waals surface area contributed by atoms with Gasteiger partial charge in [0.25, 0.3) is 0 Å². The van der Waals surface area contributed by atoms with Gasteiger partial charge in [-0.25, -0.2) is 0 Å². The van der Waals surface area contributed by atoms with Crippen molar-refractivity contribution in [2.24, 2.45) is 5.84 Å². The van der Waals surface area contributed by atoms with Crippen LogP contribution in [-0.4, -0.2) is 42.4 Å². The number of halogens is 1. The summed E-state index contributed by atoms with van der Waals surface area (Å²) in [5.41, 5.74) is 7.09. The third-order valence-electron chi connectivity index (χ3n) is 3.26. The summed E-state index contributed by atoms with van der Waals surface area (Å²) in [4.78, 5) is 14.7. The van der Waals surface area contributed by atoms with Gasteiger partial charge in [0.1, 0.15) is 0 Å². The molecule has 5 nitrogen and oxygen atoms in total. The van der Waals surface area contributed by atoms with Crippen LogP contribution in [0.15, 0.2) is 34.7 Å². The average Bonchev–Trinajstić information content (AvgIpc) is 2.46. The Morgan fingerprint density at radius 1 is 1.32 bits per heavy atom. The number of hydrogen-bond donors (Lipinski definition) is 2. The smallest absolute Gasteiger partial charge is 0.209 e. The number of amides is 1. The molecule has 106 valence electrons. The zero-order chi connectivity index (χ0) is 14.3. The summed E-state index contributed by atoms with van der Waals surface area (Å²) in [6.45, 7) is 6.93. The van der Waals surface area contributed by atoms with Gasteiger partial charge in [0, 0.05) is 43.1 Å². The number of nitrogens with one attached hydrogen (secondary N) is 1. The molecule has 0 aliphatic carbocycles. The molecule has 1 saturated heterocycles. The number of nitrogens with zero attached hydrogens (tertiary/aromatic N) is 2. The minimum Gasteiger partial charge on any atom is -0.368 e. The first-order chi connectivity index (χ1) is 9.17. The van der Waals surface area contributed by atoms with E-state index in [1.54, 1.807) is 4.90 Å². The molecule has 1 fully saturated rings. The van der Waals surface area contributed by atoms with Gasteiger partial charge >= 0.3 is 0 Å². The lowest BCUT2D eigenvalue weighted by atomic mass is 10.1. The van der Waals surface area contributed by atoms with Crippen LogP contribution in [0.3, 0.4) is 0 Å². The van der Waals surface area contributed by atoms with Crippen LogP contribution >= 0.6 is 11.6 Å². The first kappa shape index (κ1) is 15.6. The van der Waals surface area contributed by atoms with Crippen LogP contribution in [0.4, 0.5) is 0 Å². The highest BCUT2D eigenvalue weighted by molar-refractivity contribution is 6.25. The topological polar surface area (TPSA) is 61.6 Å². The molecule has 1 amide bonds. The molecule has 0 bridgehead atoms. The number of hydrogen-bond acceptors (Lipinski definition) is 4. The van der Waals surface area contributed by atoms with Crippen molar-refractivity contribution < 1.29 is 4.79 Å².